The van der Waals surface area contributed by atoms with Crippen LogP contribution in [0.3, 0.4) is 0 Å². The number of hydrogen-bond donors (Lipinski definition) is 1. The summed E-state index contributed by atoms with van der Waals surface area (Å²) in [6.07, 6.45) is 5.30. The highest BCUT2D eigenvalue weighted by atomic mass is 16.3. The number of imide groups is 1. The summed E-state index contributed by atoms with van der Waals surface area (Å²) in [7, 11) is 0. The van der Waals surface area contributed by atoms with Crippen LogP contribution in [0.25, 0.3) is 0 Å². The molecule has 0 radical (unpaired) electrons. The van der Waals surface area contributed by atoms with Gasteiger partial charge in [0, 0.05) is 13.0 Å². The number of benzene rings is 2. The molecule has 2 aromatic carbocycles. The summed E-state index contributed by atoms with van der Waals surface area (Å²) in [5.74, 6) is -0.412. The molecule has 5 rings (SSSR count). The predicted molar refractivity (Wildman–Crippen MR) is 131 cm³/mol. The van der Waals surface area contributed by atoms with Crippen molar-refractivity contribution in [2.24, 2.45) is 0 Å². The van der Waals surface area contributed by atoms with Crippen LogP contribution in [-0.2, 0) is 11.2 Å². The molecule has 3 heterocycles. The van der Waals surface area contributed by atoms with Gasteiger partial charge in [0.15, 0.2) is 0 Å². The first-order valence-electron chi connectivity index (χ1n) is 12.2. The number of nitrogens with one attached hydrogen (secondary N) is 1. The van der Waals surface area contributed by atoms with E-state index in [1.807, 2.05) is 42.5 Å². The number of carbonyl (C=O) groups is 3. The zero-order valence-corrected chi connectivity index (χ0v) is 19.6. The van der Waals surface area contributed by atoms with Crippen LogP contribution in [-0.4, -0.2) is 53.2 Å². The molecule has 1 fully saturated rings. The number of nitrogens with zero attached hydrogens (tertiary/aromatic N) is 2. The Labute approximate surface area is 204 Å². The van der Waals surface area contributed by atoms with Crippen LogP contribution in [0, 0.1) is 0 Å². The molecule has 1 saturated heterocycles. The number of piperidine rings is 1. The van der Waals surface area contributed by atoms with E-state index in [9.17, 15) is 14.4 Å². The average Bonchev–Trinajstić information content (AvgIpc) is 3.51. The lowest BCUT2D eigenvalue weighted by Gasteiger charge is -2.34. The van der Waals surface area contributed by atoms with Crippen molar-refractivity contribution in [2.75, 3.05) is 19.6 Å². The van der Waals surface area contributed by atoms with Crippen molar-refractivity contribution in [3.05, 3.63) is 95.4 Å². The monoisotopic (exact) mass is 471 g/mol. The molecule has 3 aromatic rings. The lowest BCUT2D eigenvalue weighted by molar-refractivity contribution is -0.125. The smallest absolute Gasteiger partial charge is 0.262 e. The minimum Gasteiger partial charge on any atom is -0.468 e. The molecule has 0 saturated carbocycles. The molecule has 0 aliphatic carbocycles. The van der Waals surface area contributed by atoms with E-state index in [-0.39, 0.29) is 18.4 Å². The van der Waals surface area contributed by atoms with Crippen molar-refractivity contribution >= 4 is 17.7 Å². The summed E-state index contributed by atoms with van der Waals surface area (Å²) in [5, 5.41) is 3.05. The van der Waals surface area contributed by atoms with Gasteiger partial charge in [-0.3, -0.25) is 24.2 Å². The third-order valence-corrected chi connectivity index (χ3v) is 6.88. The molecule has 0 spiro atoms. The minimum atomic E-state index is -0.955. The van der Waals surface area contributed by atoms with Gasteiger partial charge in [-0.1, -0.05) is 48.9 Å². The molecule has 7 nitrogen and oxygen atoms in total. The quantitative estimate of drug-likeness (QED) is 0.505. The van der Waals surface area contributed by atoms with Gasteiger partial charge in [-0.2, -0.15) is 0 Å². The first kappa shape index (κ1) is 23.1. The van der Waals surface area contributed by atoms with Crippen molar-refractivity contribution in [3.8, 4) is 0 Å². The van der Waals surface area contributed by atoms with Crippen molar-refractivity contribution in [3.63, 3.8) is 0 Å². The van der Waals surface area contributed by atoms with Crippen LogP contribution in [0.1, 0.15) is 57.3 Å². The molecule has 2 aliphatic heterocycles. The lowest BCUT2D eigenvalue weighted by atomic mass is 10.0. The second-order valence-corrected chi connectivity index (χ2v) is 9.10. The molecule has 35 heavy (non-hydrogen) atoms. The maximum atomic E-state index is 13.6. The molecular weight excluding hydrogens is 442 g/mol. The van der Waals surface area contributed by atoms with Crippen LogP contribution in [0.4, 0.5) is 0 Å². The largest absolute Gasteiger partial charge is 0.468 e. The molecule has 180 valence electrons. The Balaban J connectivity index is 1.39. The SMILES string of the molecule is O=C(NC[C@H](c1ccco1)N1CCCCC1)[C@H](Cc1ccccc1)N1C(=O)c2ccccc2C1=O. The van der Waals surface area contributed by atoms with Gasteiger partial charge in [0.05, 0.1) is 23.4 Å². The molecule has 0 bridgehead atoms. The van der Waals surface area contributed by atoms with E-state index in [2.05, 4.69) is 10.2 Å². The van der Waals surface area contributed by atoms with E-state index in [0.717, 1.165) is 42.2 Å². The van der Waals surface area contributed by atoms with Crippen LogP contribution in [0.2, 0.25) is 0 Å². The standard InChI is InChI=1S/C28H29N3O4/c32-26(29-19-24(25-14-9-17-35-25)30-15-7-2-8-16-30)23(18-20-10-3-1-4-11-20)31-27(33)21-12-5-6-13-22(21)28(31)34/h1,3-6,9-14,17,23-24H,2,7-8,15-16,18-19H2,(H,29,32)/t23-,24+/m0/s1. The maximum absolute atomic E-state index is 13.6. The number of likely N-dealkylation sites (tertiary alicyclic amines) is 1. The van der Waals surface area contributed by atoms with Crippen LogP contribution >= 0.6 is 0 Å². The van der Waals surface area contributed by atoms with Gasteiger partial charge in [0.2, 0.25) is 5.91 Å². The first-order chi connectivity index (χ1) is 17.1. The normalized spacial score (nSPS) is 17.8. The third kappa shape index (κ3) is 4.77. The van der Waals surface area contributed by atoms with E-state index in [1.165, 1.54) is 6.42 Å². The Morgan fingerprint density at radius 1 is 0.857 bits per heavy atom. The number of amides is 3. The zero-order valence-electron chi connectivity index (χ0n) is 19.6. The van der Waals surface area contributed by atoms with Crippen LogP contribution in [0.15, 0.2) is 77.4 Å². The zero-order chi connectivity index (χ0) is 24.2. The summed E-state index contributed by atoms with van der Waals surface area (Å²) in [5.41, 5.74) is 1.55. The topological polar surface area (TPSA) is 82.9 Å². The fourth-order valence-corrected chi connectivity index (χ4v) is 5.07. The van der Waals surface area contributed by atoms with Gasteiger partial charge in [-0.05, 0) is 55.8 Å². The average molecular weight is 472 g/mol. The summed E-state index contributed by atoms with van der Waals surface area (Å²) in [6.45, 7) is 2.21. The summed E-state index contributed by atoms with van der Waals surface area (Å²) in [4.78, 5) is 43.5. The second-order valence-electron chi connectivity index (χ2n) is 9.10. The van der Waals surface area contributed by atoms with E-state index in [1.54, 1.807) is 30.5 Å². The van der Waals surface area contributed by atoms with Gasteiger partial charge >= 0.3 is 0 Å². The molecule has 3 amide bonds. The molecule has 0 unspecified atom stereocenters. The van der Waals surface area contributed by atoms with Crippen LogP contribution in [0.5, 0.6) is 0 Å². The number of furan rings is 1. The molecule has 2 atom stereocenters. The molecule has 7 heteroatoms. The van der Waals surface area contributed by atoms with Gasteiger partial charge in [0.25, 0.3) is 11.8 Å². The molecular formula is C28H29N3O4. The lowest BCUT2D eigenvalue weighted by Crippen LogP contribution is -2.52. The van der Waals surface area contributed by atoms with Crippen molar-refractivity contribution in [2.45, 2.75) is 37.8 Å². The summed E-state index contributed by atoms with van der Waals surface area (Å²) >= 11 is 0. The fourth-order valence-electron chi connectivity index (χ4n) is 5.07. The Morgan fingerprint density at radius 2 is 1.51 bits per heavy atom. The van der Waals surface area contributed by atoms with Gasteiger partial charge in [-0.15, -0.1) is 0 Å². The van der Waals surface area contributed by atoms with E-state index >= 15 is 0 Å². The Hall–Kier alpha value is -3.71. The van der Waals surface area contributed by atoms with Gasteiger partial charge in [-0.25, -0.2) is 0 Å². The predicted octanol–water partition coefficient (Wildman–Crippen LogP) is 3.83. The highest BCUT2D eigenvalue weighted by molar-refractivity contribution is 6.22. The Morgan fingerprint density at radius 3 is 2.14 bits per heavy atom. The highest BCUT2D eigenvalue weighted by Gasteiger charge is 2.42. The Kier molecular flexibility index (Phi) is 6.77. The molecule has 2 aliphatic rings. The van der Waals surface area contributed by atoms with E-state index < -0.39 is 17.9 Å². The number of fused-ring (bicyclic) bond motifs is 1. The highest BCUT2D eigenvalue weighted by Crippen LogP contribution is 2.27. The first-order valence-corrected chi connectivity index (χ1v) is 12.2. The van der Waals surface area contributed by atoms with E-state index in [4.69, 9.17) is 4.42 Å². The second kappa shape index (κ2) is 10.3. The fraction of sp³-hybridized carbons (Fsp3) is 0.321. The van der Waals surface area contributed by atoms with Crippen molar-refractivity contribution in [1.29, 1.82) is 0 Å². The summed E-state index contributed by atoms with van der Waals surface area (Å²) in [6, 6.07) is 18.9. The Bertz CT molecular complexity index is 1150. The van der Waals surface area contributed by atoms with E-state index in [0.29, 0.717) is 17.7 Å². The van der Waals surface area contributed by atoms with Gasteiger partial charge < -0.3 is 9.73 Å². The minimum absolute atomic E-state index is 0.103. The third-order valence-electron chi connectivity index (χ3n) is 6.88. The van der Waals surface area contributed by atoms with Crippen molar-refractivity contribution in [1.82, 2.24) is 15.1 Å². The van der Waals surface area contributed by atoms with Crippen molar-refractivity contribution < 1.29 is 18.8 Å². The molecule has 1 aromatic heterocycles. The van der Waals surface area contributed by atoms with Crippen LogP contribution < -0.4 is 5.32 Å². The molecule has 1 N–H and O–H groups in total. The number of rotatable bonds is 8. The maximum Gasteiger partial charge on any atom is 0.262 e. The number of carbonyl (C=O) groups excluding carboxylic acids is 3. The summed E-state index contributed by atoms with van der Waals surface area (Å²) < 4.78 is 5.70. The number of hydrogen-bond acceptors (Lipinski definition) is 5. The van der Waals surface area contributed by atoms with Gasteiger partial charge in [0.1, 0.15) is 11.8 Å².